The molecule has 116 valence electrons. The number of carboxylic acids is 1. The summed E-state index contributed by atoms with van der Waals surface area (Å²) in [6, 6.07) is 1.61. The monoisotopic (exact) mass is 315 g/mol. The predicted molar refractivity (Wildman–Crippen MR) is 75.2 cm³/mol. The van der Waals surface area contributed by atoms with Crippen molar-refractivity contribution in [2.45, 2.75) is 44.0 Å². The van der Waals surface area contributed by atoms with Crippen LogP contribution in [0.2, 0.25) is 0 Å². The minimum Gasteiger partial charge on any atom is -0.478 e. The highest BCUT2D eigenvalue weighted by Crippen LogP contribution is 2.30. The number of carboxylic acid groups (broad SMARTS) is 1. The molecule has 1 aromatic carbocycles. The zero-order valence-electron chi connectivity index (χ0n) is 11.9. The third kappa shape index (κ3) is 3.24. The van der Waals surface area contributed by atoms with E-state index in [1.807, 2.05) is 0 Å². The van der Waals surface area contributed by atoms with Crippen LogP contribution in [0.4, 0.5) is 4.39 Å². The van der Waals surface area contributed by atoms with Gasteiger partial charge in [0, 0.05) is 6.04 Å². The first-order valence-corrected chi connectivity index (χ1v) is 8.26. The summed E-state index contributed by atoms with van der Waals surface area (Å²) in [4.78, 5) is 10.7. The number of hydrogen-bond donors (Lipinski definition) is 2. The lowest BCUT2D eigenvalue weighted by atomic mass is 9.81. The van der Waals surface area contributed by atoms with Gasteiger partial charge in [-0.25, -0.2) is 22.3 Å². The number of nitrogens with one attached hydrogen (secondary N) is 1. The molecule has 0 radical (unpaired) electrons. The van der Waals surface area contributed by atoms with Crippen molar-refractivity contribution in [3.63, 3.8) is 0 Å². The maximum absolute atomic E-state index is 13.7. The van der Waals surface area contributed by atoms with E-state index in [9.17, 15) is 17.6 Å². The smallest absolute Gasteiger partial charge is 0.336 e. The lowest BCUT2D eigenvalue weighted by Crippen LogP contribution is -2.40. The fourth-order valence-electron chi connectivity index (χ4n) is 2.38. The molecule has 0 aromatic heterocycles. The molecule has 1 aromatic rings. The van der Waals surface area contributed by atoms with Crippen LogP contribution < -0.4 is 4.72 Å². The van der Waals surface area contributed by atoms with Gasteiger partial charge in [-0.15, -0.1) is 0 Å². The summed E-state index contributed by atoms with van der Waals surface area (Å²) < 4.78 is 40.8. The van der Waals surface area contributed by atoms with Gasteiger partial charge in [0.25, 0.3) is 0 Å². The topological polar surface area (TPSA) is 83.5 Å². The van der Waals surface area contributed by atoms with Gasteiger partial charge in [0.05, 0.1) is 10.5 Å². The van der Waals surface area contributed by atoms with Crippen molar-refractivity contribution in [1.82, 2.24) is 4.72 Å². The molecule has 1 saturated carbocycles. The van der Waals surface area contributed by atoms with Gasteiger partial charge < -0.3 is 5.11 Å². The predicted octanol–water partition coefficient (Wildman–Crippen LogP) is 2.30. The zero-order chi connectivity index (χ0) is 15.8. The number of carbonyl (C=O) groups is 1. The number of sulfonamides is 1. The Morgan fingerprint density at radius 1 is 1.43 bits per heavy atom. The Balaban J connectivity index is 2.33. The average molecular weight is 315 g/mol. The molecular weight excluding hydrogens is 297 g/mol. The number of rotatable bonds is 5. The molecule has 21 heavy (non-hydrogen) atoms. The molecule has 0 unspecified atom stereocenters. The number of halogens is 1. The van der Waals surface area contributed by atoms with Crippen LogP contribution in [0.25, 0.3) is 0 Å². The fourth-order valence-corrected chi connectivity index (χ4v) is 3.73. The third-order valence-corrected chi connectivity index (χ3v) is 5.59. The SMILES string of the molecule is Cc1c(F)cc(S(=O)(=O)N[C@@H](C)C2CCC2)cc1C(=O)O. The minimum atomic E-state index is -3.93. The first kappa shape index (κ1) is 15.9. The molecule has 1 fully saturated rings. The maximum Gasteiger partial charge on any atom is 0.336 e. The molecule has 0 heterocycles. The summed E-state index contributed by atoms with van der Waals surface area (Å²) in [5.74, 6) is -1.91. The number of aromatic carboxylic acids is 1. The van der Waals surface area contributed by atoms with E-state index in [4.69, 9.17) is 5.11 Å². The van der Waals surface area contributed by atoms with E-state index in [-0.39, 0.29) is 28.0 Å². The van der Waals surface area contributed by atoms with Crippen molar-refractivity contribution in [3.8, 4) is 0 Å². The van der Waals surface area contributed by atoms with Crippen molar-refractivity contribution >= 4 is 16.0 Å². The molecule has 1 atom stereocenters. The summed E-state index contributed by atoms with van der Waals surface area (Å²) in [5, 5.41) is 9.02. The Bertz CT molecular complexity index is 668. The van der Waals surface area contributed by atoms with Gasteiger partial charge in [0.1, 0.15) is 5.82 Å². The van der Waals surface area contributed by atoms with Crippen LogP contribution in [0, 0.1) is 18.7 Å². The van der Waals surface area contributed by atoms with Crippen LogP contribution >= 0.6 is 0 Å². The fraction of sp³-hybridized carbons (Fsp3) is 0.500. The van der Waals surface area contributed by atoms with Crippen LogP contribution in [0.1, 0.15) is 42.1 Å². The van der Waals surface area contributed by atoms with Crippen molar-refractivity contribution < 1.29 is 22.7 Å². The molecule has 0 amide bonds. The second-order valence-corrected chi connectivity index (χ2v) is 7.20. The molecule has 2 rings (SSSR count). The van der Waals surface area contributed by atoms with Gasteiger partial charge in [0.15, 0.2) is 0 Å². The maximum atomic E-state index is 13.7. The van der Waals surface area contributed by atoms with E-state index < -0.39 is 21.8 Å². The van der Waals surface area contributed by atoms with Crippen LogP contribution in [-0.2, 0) is 10.0 Å². The lowest BCUT2D eigenvalue weighted by Gasteiger charge is -2.31. The summed E-state index contributed by atoms with van der Waals surface area (Å²) in [7, 11) is -3.93. The molecule has 5 nitrogen and oxygen atoms in total. The molecule has 1 aliphatic carbocycles. The Hall–Kier alpha value is -1.47. The summed E-state index contributed by atoms with van der Waals surface area (Å²) in [6.45, 7) is 3.07. The number of hydrogen-bond acceptors (Lipinski definition) is 3. The Morgan fingerprint density at radius 2 is 2.05 bits per heavy atom. The van der Waals surface area contributed by atoms with Crippen molar-refractivity contribution in [2.75, 3.05) is 0 Å². The standard InChI is InChI=1S/C14H18FNO4S/c1-8-12(14(17)18)6-11(7-13(8)15)21(19,20)16-9(2)10-4-3-5-10/h6-7,9-10,16H,3-5H2,1-2H3,(H,17,18)/t9-/m0/s1. The van der Waals surface area contributed by atoms with Gasteiger partial charge >= 0.3 is 5.97 Å². The molecule has 0 aliphatic heterocycles. The molecule has 0 saturated heterocycles. The van der Waals surface area contributed by atoms with Gasteiger partial charge in [0.2, 0.25) is 10.0 Å². The first-order valence-electron chi connectivity index (χ1n) is 6.78. The first-order chi connectivity index (χ1) is 9.72. The van der Waals surface area contributed by atoms with E-state index in [1.165, 1.54) is 6.92 Å². The largest absolute Gasteiger partial charge is 0.478 e. The highest BCUT2D eigenvalue weighted by atomic mass is 32.2. The van der Waals surface area contributed by atoms with Crippen molar-refractivity contribution in [1.29, 1.82) is 0 Å². The van der Waals surface area contributed by atoms with Gasteiger partial charge in [-0.1, -0.05) is 6.42 Å². The minimum absolute atomic E-state index is 0.0755. The third-order valence-electron chi connectivity index (χ3n) is 4.06. The molecule has 7 heteroatoms. The average Bonchev–Trinajstić information content (AvgIpc) is 2.28. The van der Waals surface area contributed by atoms with Crippen molar-refractivity contribution in [2.24, 2.45) is 5.92 Å². The molecule has 1 aliphatic rings. The number of benzene rings is 1. The van der Waals surface area contributed by atoms with E-state index in [0.717, 1.165) is 31.4 Å². The highest BCUT2D eigenvalue weighted by Gasteiger charge is 2.29. The normalized spacial score (nSPS) is 17.3. The zero-order valence-corrected chi connectivity index (χ0v) is 12.7. The quantitative estimate of drug-likeness (QED) is 0.873. The molecular formula is C14H18FNO4S. The van der Waals surface area contributed by atoms with Gasteiger partial charge in [-0.05, 0) is 50.3 Å². The summed E-state index contributed by atoms with van der Waals surface area (Å²) in [5.41, 5.74) is -0.417. The Labute approximate surface area is 123 Å². The van der Waals surface area contributed by atoms with Crippen LogP contribution in [0.15, 0.2) is 17.0 Å². The lowest BCUT2D eigenvalue weighted by molar-refractivity contribution is 0.0695. The summed E-state index contributed by atoms with van der Waals surface area (Å²) >= 11 is 0. The second-order valence-electron chi connectivity index (χ2n) is 5.48. The van der Waals surface area contributed by atoms with E-state index in [1.54, 1.807) is 6.92 Å². The Morgan fingerprint density at radius 3 is 2.52 bits per heavy atom. The van der Waals surface area contributed by atoms with E-state index in [0.29, 0.717) is 0 Å². The van der Waals surface area contributed by atoms with Crippen LogP contribution in [0.5, 0.6) is 0 Å². The molecule has 0 spiro atoms. The molecule has 2 N–H and O–H groups in total. The van der Waals surface area contributed by atoms with Crippen LogP contribution in [-0.4, -0.2) is 25.5 Å². The summed E-state index contributed by atoms with van der Waals surface area (Å²) in [6.07, 6.45) is 3.01. The van der Waals surface area contributed by atoms with Crippen LogP contribution in [0.3, 0.4) is 0 Å². The van der Waals surface area contributed by atoms with E-state index >= 15 is 0 Å². The van der Waals surface area contributed by atoms with Gasteiger partial charge in [-0.3, -0.25) is 0 Å². The Kier molecular flexibility index (Phi) is 4.34. The van der Waals surface area contributed by atoms with Crippen molar-refractivity contribution in [3.05, 3.63) is 29.1 Å². The highest BCUT2D eigenvalue weighted by molar-refractivity contribution is 7.89. The van der Waals surface area contributed by atoms with Gasteiger partial charge in [-0.2, -0.15) is 0 Å². The molecule has 0 bridgehead atoms. The van der Waals surface area contributed by atoms with E-state index in [2.05, 4.69) is 4.72 Å². The second kappa shape index (κ2) is 5.73.